The summed E-state index contributed by atoms with van der Waals surface area (Å²) < 4.78 is 0. The van der Waals surface area contributed by atoms with Gasteiger partial charge in [0.05, 0.1) is 6.54 Å². The van der Waals surface area contributed by atoms with Crippen LogP contribution in [0.4, 0.5) is 0 Å². The Kier molecular flexibility index (Phi) is 4.71. The average molecular weight is 217 g/mol. The summed E-state index contributed by atoms with van der Waals surface area (Å²) in [4.78, 5) is 11.0. The zero-order chi connectivity index (χ0) is 10.4. The van der Waals surface area contributed by atoms with E-state index in [0.717, 1.165) is 25.0 Å². The van der Waals surface area contributed by atoms with Gasteiger partial charge in [-0.05, 0) is 18.6 Å². The van der Waals surface area contributed by atoms with Crippen LogP contribution in [0.15, 0.2) is 0 Å². The fraction of sp³-hybridized carbons (Fsp3) is 0.889. The Bertz CT molecular complexity index is 196. The van der Waals surface area contributed by atoms with Crippen LogP contribution in [0, 0.1) is 0 Å². The highest BCUT2D eigenvalue weighted by molar-refractivity contribution is 8.00. The molecule has 1 aliphatic rings. The van der Waals surface area contributed by atoms with Crippen molar-refractivity contribution >= 4 is 17.7 Å². The molecule has 0 spiro atoms. The highest BCUT2D eigenvalue weighted by Gasteiger charge is 2.33. The molecule has 1 heterocycles. The third kappa shape index (κ3) is 3.15. The van der Waals surface area contributed by atoms with Crippen molar-refractivity contribution in [3.63, 3.8) is 0 Å². The summed E-state index contributed by atoms with van der Waals surface area (Å²) in [5.74, 6) is 1.05. The van der Waals surface area contributed by atoms with Crippen LogP contribution in [0.2, 0.25) is 0 Å². The zero-order valence-electron chi connectivity index (χ0n) is 8.85. The van der Waals surface area contributed by atoms with Gasteiger partial charge in [0, 0.05) is 0 Å². The number of hydrazine groups is 1. The van der Waals surface area contributed by atoms with Crippen LogP contribution in [-0.4, -0.2) is 23.2 Å². The predicted molar refractivity (Wildman–Crippen MR) is 59.7 cm³/mol. The molecule has 5 heteroatoms. The van der Waals surface area contributed by atoms with Gasteiger partial charge in [0.2, 0.25) is 5.91 Å². The van der Waals surface area contributed by atoms with Crippen LogP contribution in [0.25, 0.3) is 0 Å². The molecule has 1 rings (SSSR count). The molecule has 1 fully saturated rings. The molecular weight excluding hydrogens is 198 g/mol. The second-order valence-corrected chi connectivity index (χ2v) is 4.95. The summed E-state index contributed by atoms with van der Waals surface area (Å²) >= 11 is 1.74. The largest absolute Gasteiger partial charge is 0.327 e. The van der Waals surface area contributed by atoms with E-state index in [1.165, 1.54) is 0 Å². The Hall–Kier alpha value is -0.260. The third-order valence-electron chi connectivity index (χ3n) is 2.15. The van der Waals surface area contributed by atoms with E-state index in [1.54, 1.807) is 11.8 Å². The molecule has 0 aromatic carbocycles. The van der Waals surface area contributed by atoms with Gasteiger partial charge < -0.3 is 5.32 Å². The first-order valence-electron chi connectivity index (χ1n) is 5.17. The van der Waals surface area contributed by atoms with Gasteiger partial charge in [0.25, 0.3) is 0 Å². The first-order chi connectivity index (χ1) is 6.72. The van der Waals surface area contributed by atoms with E-state index in [4.69, 9.17) is 0 Å². The minimum atomic E-state index is -0.292. The van der Waals surface area contributed by atoms with Gasteiger partial charge in [-0.25, -0.2) is 10.9 Å². The fourth-order valence-corrected chi connectivity index (χ4v) is 2.62. The number of carbonyl (C=O) groups is 1. The Morgan fingerprint density at radius 1 is 1.50 bits per heavy atom. The molecule has 82 valence electrons. The smallest absolute Gasteiger partial charge is 0.237 e. The summed E-state index contributed by atoms with van der Waals surface area (Å²) in [6, 6.07) is 0. The van der Waals surface area contributed by atoms with E-state index >= 15 is 0 Å². The molecule has 1 amide bonds. The molecule has 0 aliphatic carbocycles. The van der Waals surface area contributed by atoms with Gasteiger partial charge in [-0.1, -0.05) is 20.3 Å². The normalized spacial score (nSPS) is 27.4. The monoisotopic (exact) mass is 217 g/mol. The van der Waals surface area contributed by atoms with Crippen molar-refractivity contribution < 1.29 is 4.79 Å². The molecule has 1 atom stereocenters. The first kappa shape index (κ1) is 11.8. The minimum Gasteiger partial charge on any atom is -0.327 e. The van der Waals surface area contributed by atoms with Crippen LogP contribution in [0.3, 0.4) is 0 Å². The highest BCUT2D eigenvalue weighted by Crippen LogP contribution is 2.25. The first-order valence-corrected chi connectivity index (χ1v) is 6.16. The SMILES string of the molecule is CCCCC1(SCC)NNCC(=O)N1. The lowest BCUT2D eigenvalue weighted by atomic mass is 10.2. The number of hydrogen-bond donors (Lipinski definition) is 3. The van der Waals surface area contributed by atoms with E-state index in [9.17, 15) is 4.79 Å². The van der Waals surface area contributed by atoms with Crippen molar-refractivity contribution in [1.29, 1.82) is 0 Å². The lowest BCUT2D eigenvalue weighted by Crippen LogP contribution is -2.67. The summed E-state index contributed by atoms with van der Waals surface area (Å²) in [5, 5.41) is 3.02. The molecule has 0 aromatic heterocycles. The standard InChI is InChI=1S/C9H19N3OS/c1-3-5-6-9(14-4-2)11-8(13)7-10-12-9/h10,12H,3-7H2,1-2H3,(H,11,13). The molecule has 1 aliphatic heterocycles. The minimum absolute atomic E-state index is 0.0702. The molecule has 4 nitrogen and oxygen atoms in total. The van der Waals surface area contributed by atoms with Gasteiger partial charge in [0.1, 0.15) is 0 Å². The lowest BCUT2D eigenvalue weighted by Gasteiger charge is -2.38. The maximum atomic E-state index is 11.3. The highest BCUT2D eigenvalue weighted by atomic mass is 32.2. The Morgan fingerprint density at radius 3 is 2.86 bits per heavy atom. The van der Waals surface area contributed by atoms with Crippen molar-refractivity contribution in [3.8, 4) is 0 Å². The van der Waals surface area contributed by atoms with E-state index in [1.807, 2.05) is 0 Å². The third-order valence-corrected chi connectivity index (χ3v) is 3.34. The Balaban J connectivity index is 2.54. The topological polar surface area (TPSA) is 53.2 Å². The summed E-state index contributed by atoms with van der Waals surface area (Å²) in [7, 11) is 0. The average Bonchev–Trinajstić information content (AvgIpc) is 2.15. The van der Waals surface area contributed by atoms with Gasteiger partial charge >= 0.3 is 0 Å². The molecule has 0 radical (unpaired) electrons. The number of carbonyl (C=O) groups excluding carboxylic acids is 1. The number of unbranched alkanes of at least 4 members (excludes halogenated alkanes) is 1. The van der Waals surface area contributed by atoms with Gasteiger partial charge in [-0.15, -0.1) is 11.8 Å². The molecule has 1 unspecified atom stereocenters. The van der Waals surface area contributed by atoms with Crippen molar-refractivity contribution in [3.05, 3.63) is 0 Å². The molecule has 14 heavy (non-hydrogen) atoms. The number of thioether (sulfide) groups is 1. The number of amides is 1. The number of rotatable bonds is 5. The summed E-state index contributed by atoms with van der Waals surface area (Å²) in [6.45, 7) is 4.61. The van der Waals surface area contributed by atoms with Crippen molar-refractivity contribution in [2.45, 2.75) is 38.1 Å². The number of nitrogens with one attached hydrogen (secondary N) is 3. The molecular formula is C9H19N3OS. The maximum absolute atomic E-state index is 11.3. The lowest BCUT2D eigenvalue weighted by molar-refractivity contribution is -0.123. The molecule has 1 saturated heterocycles. The number of hydrogen-bond acceptors (Lipinski definition) is 4. The second kappa shape index (κ2) is 5.58. The fourth-order valence-electron chi connectivity index (χ4n) is 1.51. The van der Waals surface area contributed by atoms with Crippen molar-refractivity contribution in [1.82, 2.24) is 16.2 Å². The quantitative estimate of drug-likeness (QED) is 0.638. The van der Waals surface area contributed by atoms with Gasteiger partial charge in [-0.3, -0.25) is 4.79 Å². The van der Waals surface area contributed by atoms with E-state index in [0.29, 0.717) is 6.54 Å². The Morgan fingerprint density at radius 2 is 2.29 bits per heavy atom. The van der Waals surface area contributed by atoms with E-state index in [2.05, 4.69) is 30.0 Å². The second-order valence-electron chi connectivity index (χ2n) is 3.39. The van der Waals surface area contributed by atoms with E-state index < -0.39 is 0 Å². The molecule has 0 bridgehead atoms. The summed E-state index contributed by atoms with van der Waals surface area (Å²) in [6.07, 6.45) is 3.21. The molecule has 0 aromatic rings. The van der Waals surface area contributed by atoms with Gasteiger partial charge in [-0.2, -0.15) is 0 Å². The molecule has 3 N–H and O–H groups in total. The maximum Gasteiger partial charge on any atom is 0.237 e. The van der Waals surface area contributed by atoms with Crippen LogP contribution >= 0.6 is 11.8 Å². The predicted octanol–water partition coefficient (Wildman–Crippen LogP) is 0.808. The zero-order valence-corrected chi connectivity index (χ0v) is 9.67. The van der Waals surface area contributed by atoms with Crippen LogP contribution in [0.5, 0.6) is 0 Å². The van der Waals surface area contributed by atoms with Crippen LogP contribution in [-0.2, 0) is 4.79 Å². The Labute approximate surface area is 89.6 Å². The van der Waals surface area contributed by atoms with Crippen molar-refractivity contribution in [2.24, 2.45) is 0 Å². The van der Waals surface area contributed by atoms with E-state index in [-0.39, 0.29) is 10.9 Å². The van der Waals surface area contributed by atoms with Crippen LogP contribution in [0.1, 0.15) is 33.1 Å². The van der Waals surface area contributed by atoms with Crippen molar-refractivity contribution in [2.75, 3.05) is 12.3 Å². The van der Waals surface area contributed by atoms with Crippen LogP contribution < -0.4 is 16.2 Å². The summed E-state index contributed by atoms with van der Waals surface area (Å²) in [5.41, 5.74) is 6.12. The van der Waals surface area contributed by atoms with Gasteiger partial charge in [0.15, 0.2) is 4.99 Å². The molecule has 0 saturated carbocycles.